The summed E-state index contributed by atoms with van der Waals surface area (Å²) < 4.78 is 0.553. The molecule has 116 valence electrons. The maximum atomic E-state index is 12.0. The monoisotopic (exact) mass is 334 g/mol. The van der Waals surface area contributed by atoms with E-state index in [-0.39, 0.29) is 17.4 Å². The second-order valence-electron chi connectivity index (χ2n) is 6.07. The zero-order valence-electron chi connectivity index (χ0n) is 13.0. The van der Waals surface area contributed by atoms with Crippen molar-refractivity contribution >= 4 is 46.2 Å². The number of nitrogens with zero attached hydrogens (tertiary/aromatic N) is 1. The first-order valence-corrected chi connectivity index (χ1v) is 8.04. The molecule has 1 aromatic carbocycles. The van der Waals surface area contributed by atoms with Crippen LogP contribution >= 0.6 is 24.0 Å². The van der Waals surface area contributed by atoms with E-state index in [1.54, 1.807) is 25.3 Å². The molecule has 0 aromatic heterocycles. The second kappa shape index (κ2) is 6.22. The summed E-state index contributed by atoms with van der Waals surface area (Å²) in [6, 6.07) is 7.14. The van der Waals surface area contributed by atoms with Crippen LogP contribution in [0.15, 0.2) is 29.2 Å². The van der Waals surface area contributed by atoms with Gasteiger partial charge in [-0.05, 0) is 44.5 Å². The lowest BCUT2D eigenvalue weighted by atomic mass is 10.1. The number of nitrogens with one attached hydrogen (secondary N) is 1. The van der Waals surface area contributed by atoms with Crippen LogP contribution in [0.5, 0.6) is 0 Å². The quantitative estimate of drug-likeness (QED) is 0.667. The summed E-state index contributed by atoms with van der Waals surface area (Å²) in [5.41, 5.74) is 1.18. The fourth-order valence-corrected chi connectivity index (χ4v) is 3.02. The minimum atomic E-state index is -0.273. The highest BCUT2D eigenvalue weighted by atomic mass is 32.2. The molecule has 0 bridgehead atoms. The minimum absolute atomic E-state index is 0.0930. The Labute approximate surface area is 140 Å². The maximum absolute atomic E-state index is 12.0. The molecule has 22 heavy (non-hydrogen) atoms. The highest BCUT2D eigenvalue weighted by molar-refractivity contribution is 8.26. The smallest absolute Gasteiger partial charge is 0.265 e. The van der Waals surface area contributed by atoms with Gasteiger partial charge in [-0.1, -0.05) is 36.1 Å². The number of carbonyl (C=O) groups is 2. The summed E-state index contributed by atoms with van der Waals surface area (Å²) >= 11 is 6.38. The van der Waals surface area contributed by atoms with Crippen molar-refractivity contribution in [3.8, 4) is 0 Å². The third-order valence-electron chi connectivity index (χ3n) is 2.95. The number of likely N-dealkylation sites (N-methyl/N-ethyl adjacent to an activating group) is 1. The predicted octanol–water partition coefficient (Wildman–Crippen LogP) is 3.05. The van der Waals surface area contributed by atoms with Crippen LogP contribution in [-0.2, 0) is 4.79 Å². The van der Waals surface area contributed by atoms with Gasteiger partial charge in [0.25, 0.3) is 11.8 Å². The Morgan fingerprint density at radius 3 is 2.32 bits per heavy atom. The topological polar surface area (TPSA) is 49.4 Å². The summed E-state index contributed by atoms with van der Waals surface area (Å²) in [6.07, 6.45) is 1.79. The second-order valence-corrected chi connectivity index (χ2v) is 7.74. The number of thioether (sulfide) groups is 1. The number of hydrogen-bond acceptors (Lipinski definition) is 4. The van der Waals surface area contributed by atoms with Crippen LogP contribution in [0.4, 0.5) is 0 Å². The van der Waals surface area contributed by atoms with Crippen LogP contribution < -0.4 is 5.32 Å². The van der Waals surface area contributed by atoms with Crippen molar-refractivity contribution < 1.29 is 9.59 Å². The highest BCUT2D eigenvalue weighted by Crippen LogP contribution is 2.31. The molecule has 1 N–H and O–H groups in total. The Kier molecular flexibility index (Phi) is 4.72. The third kappa shape index (κ3) is 3.96. The molecule has 0 spiro atoms. The first kappa shape index (κ1) is 16.7. The van der Waals surface area contributed by atoms with E-state index in [0.29, 0.717) is 14.8 Å². The lowest BCUT2D eigenvalue weighted by Gasteiger charge is -2.20. The number of carbonyl (C=O) groups excluding carboxylic acids is 2. The molecular weight excluding hydrogens is 316 g/mol. The van der Waals surface area contributed by atoms with Crippen LogP contribution in [0, 0.1) is 0 Å². The third-order valence-corrected chi connectivity index (χ3v) is 4.43. The van der Waals surface area contributed by atoms with Crippen molar-refractivity contribution in [2.24, 2.45) is 0 Å². The molecule has 0 saturated carbocycles. The number of hydrogen-bond donors (Lipinski definition) is 1. The zero-order chi connectivity index (χ0) is 16.5. The van der Waals surface area contributed by atoms with E-state index in [1.165, 1.54) is 16.7 Å². The van der Waals surface area contributed by atoms with Gasteiger partial charge in [0.1, 0.15) is 4.32 Å². The van der Waals surface area contributed by atoms with E-state index in [9.17, 15) is 9.59 Å². The van der Waals surface area contributed by atoms with Gasteiger partial charge in [0.05, 0.1) is 4.91 Å². The van der Waals surface area contributed by atoms with Crippen LogP contribution in [0.3, 0.4) is 0 Å². The summed E-state index contributed by atoms with van der Waals surface area (Å²) in [7, 11) is 1.67. The van der Waals surface area contributed by atoms with E-state index in [0.717, 1.165) is 5.56 Å². The fraction of sp³-hybridized carbons (Fsp3) is 0.312. The Balaban J connectivity index is 2.15. The first-order chi connectivity index (χ1) is 10.2. The van der Waals surface area contributed by atoms with Gasteiger partial charge in [0, 0.05) is 18.2 Å². The van der Waals surface area contributed by atoms with Gasteiger partial charge < -0.3 is 5.32 Å². The summed E-state index contributed by atoms with van der Waals surface area (Å²) in [4.78, 5) is 26.0. The molecule has 0 unspecified atom stereocenters. The van der Waals surface area contributed by atoms with Gasteiger partial charge in [-0.25, -0.2) is 0 Å². The van der Waals surface area contributed by atoms with Crippen molar-refractivity contribution in [3.05, 3.63) is 40.3 Å². The molecule has 0 aliphatic carbocycles. The molecule has 1 aliphatic rings. The number of rotatable bonds is 2. The van der Waals surface area contributed by atoms with Crippen molar-refractivity contribution in [1.82, 2.24) is 10.2 Å². The molecule has 2 amide bonds. The Morgan fingerprint density at radius 1 is 1.27 bits per heavy atom. The van der Waals surface area contributed by atoms with E-state index in [1.807, 2.05) is 32.9 Å². The highest BCUT2D eigenvalue weighted by Gasteiger charge is 2.28. The summed E-state index contributed by atoms with van der Waals surface area (Å²) in [6.45, 7) is 5.81. The van der Waals surface area contributed by atoms with Crippen molar-refractivity contribution in [1.29, 1.82) is 0 Å². The molecule has 2 rings (SSSR count). The van der Waals surface area contributed by atoms with E-state index >= 15 is 0 Å². The van der Waals surface area contributed by atoms with Gasteiger partial charge in [-0.15, -0.1) is 0 Å². The van der Waals surface area contributed by atoms with Crippen LogP contribution in [0.25, 0.3) is 6.08 Å². The van der Waals surface area contributed by atoms with Gasteiger partial charge in [-0.3, -0.25) is 14.5 Å². The fourth-order valence-electron chi connectivity index (χ4n) is 1.84. The number of thiocarbonyl (C=S) groups is 1. The summed E-state index contributed by atoms with van der Waals surface area (Å²) in [5, 5.41) is 2.91. The van der Waals surface area contributed by atoms with Crippen LogP contribution in [0.2, 0.25) is 0 Å². The largest absolute Gasteiger partial charge is 0.347 e. The van der Waals surface area contributed by atoms with Gasteiger partial charge in [-0.2, -0.15) is 0 Å². The average Bonchev–Trinajstić information content (AvgIpc) is 2.65. The van der Waals surface area contributed by atoms with Crippen LogP contribution in [-0.4, -0.2) is 33.6 Å². The van der Waals surface area contributed by atoms with Gasteiger partial charge in [0.2, 0.25) is 0 Å². The van der Waals surface area contributed by atoms with Crippen molar-refractivity contribution in [2.75, 3.05) is 7.05 Å². The molecular formula is C16H18N2O2S2. The molecule has 0 radical (unpaired) electrons. The van der Waals surface area contributed by atoms with E-state index < -0.39 is 0 Å². The first-order valence-electron chi connectivity index (χ1n) is 6.81. The van der Waals surface area contributed by atoms with Crippen molar-refractivity contribution in [2.45, 2.75) is 26.3 Å². The molecule has 1 saturated heterocycles. The standard InChI is InChI=1S/C16H18N2O2S2/c1-16(2,3)17-13(19)11-7-5-10(6-8-11)9-12-14(20)18(4)15(21)22-12/h5-9H,1-4H3,(H,17,19)/b12-9+. The molecule has 1 heterocycles. The van der Waals surface area contributed by atoms with E-state index in [2.05, 4.69) is 5.32 Å². The lowest BCUT2D eigenvalue weighted by molar-refractivity contribution is -0.121. The van der Waals surface area contributed by atoms with Gasteiger partial charge >= 0.3 is 0 Å². The molecule has 4 nitrogen and oxygen atoms in total. The van der Waals surface area contributed by atoms with Gasteiger partial charge in [0.15, 0.2) is 0 Å². The van der Waals surface area contributed by atoms with E-state index in [4.69, 9.17) is 12.2 Å². The molecule has 1 aromatic rings. The Morgan fingerprint density at radius 2 is 1.86 bits per heavy atom. The predicted molar refractivity (Wildman–Crippen MR) is 94.6 cm³/mol. The van der Waals surface area contributed by atoms with Crippen LogP contribution in [0.1, 0.15) is 36.7 Å². The average molecular weight is 334 g/mol. The SMILES string of the molecule is CN1C(=O)/C(=C\c2ccc(C(=O)NC(C)(C)C)cc2)SC1=S. The summed E-state index contributed by atoms with van der Waals surface area (Å²) in [5.74, 6) is -0.205. The molecule has 0 atom stereocenters. The number of benzene rings is 1. The maximum Gasteiger partial charge on any atom is 0.265 e. The molecule has 6 heteroatoms. The normalized spacial score (nSPS) is 17.3. The van der Waals surface area contributed by atoms with Crippen molar-refractivity contribution in [3.63, 3.8) is 0 Å². The molecule has 1 fully saturated rings. The Bertz CT molecular complexity index is 658. The number of amides is 2. The zero-order valence-corrected chi connectivity index (χ0v) is 14.6. The molecule has 1 aliphatic heterocycles. The minimum Gasteiger partial charge on any atom is -0.347 e. The lowest BCUT2D eigenvalue weighted by Crippen LogP contribution is -2.40. The Hall–Kier alpha value is -1.66.